The quantitative estimate of drug-likeness (QED) is 0.677. The van der Waals surface area contributed by atoms with Crippen LogP contribution in [0.1, 0.15) is 17.5 Å². The fourth-order valence-electron chi connectivity index (χ4n) is 2.48. The van der Waals surface area contributed by atoms with Crippen molar-refractivity contribution in [3.63, 3.8) is 0 Å². The molecule has 1 aromatic carbocycles. The van der Waals surface area contributed by atoms with Crippen LogP contribution in [0.4, 0.5) is 0 Å². The molecule has 0 fully saturated rings. The molecule has 0 aliphatic rings. The summed E-state index contributed by atoms with van der Waals surface area (Å²) in [5, 5.41) is 1.90. The van der Waals surface area contributed by atoms with Crippen molar-refractivity contribution in [2.24, 2.45) is 0 Å². The number of thiophene rings is 1. The molecule has 114 valence electrons. The number of benzene rings is 1. The molecule has 5 heteroatoms. The van der Waals surface area contributed by atoms with Crippen molar-refractivity contribution >= 4 is 21.6 Å². The van der Waals surface area contributed by atoms with Crippen LogP contribution in [-0.4, -0.2) is 16.2 Å². The second-order valence-electron chi connectivity index (χ2n) is 5.40. The highest BCUT2D eigenvalue weighted by Crippen LogP contribution is 2.16. The Balaban J connectivity index is 1.60. The molecule has 0 spiro atoms. The topological polar surface area (TPSA) is 44.1 Å². The molecule has 2 aromatic heterocycles. The first kappa shape index (κ1) is 14.8. The summed E-state index contributed by atoms with van der Waals surface area (Å²) in [5.74, 6) is 0.886. The van der Waals surface area contributed by atoms with Crippen LogP contribution in [0.3, 0.4) is 0 Å². The minimum absolute atomic E-state index is 0.0337. The standard InChI is InChI=1S/C17H18N2O2S/c1-12-8-13(2)10-14(9-12)21-6-3-5-19-11-18-15-4-7-22-16(15)17(19)20/h4,7-11H,3,5-6H2,1-2H3. The Bertz CT molecular complexity index is 831. The normalized spacial score (nSPS) is 11.0. The summed E-state index contributed by atoms with van der Waals surface area (Å²) < 4.78 is 8.15. The second-order valence-corrected chi connectivity index (χ2v) is 6.32. The van der Waals surface area contributed by atoms with Crippen LogP contribution < -0.4 is 10.3 Å². The summed E-state index contributed by atoms with van der Waals surface area (Å²) in [6.07, 6.45) is 2.39. The van der Waals surface area contributed by atoms with E-state index in [1.54, 1.807) is 10.9 Å². The molecular weight excluding hydrogens is 296 g/mol. The maximum Gasteiger partial charge on any atom is 0.271 e. The van der Waals surface area contributed by atoms with E-state index in [9.17, 15) is 4.79 Å². The van der Waals surface area contributed by atoms with Gasteiger partial charge in [-0.1, -0.05) is 6.07 Å². The van der Waals surface area contributed by atoms with E-state index in [2.05, 4.69) is 24.9 Å². The smallest absolute Gasteiger partial charge is 0.271 e. The first-order chi connectivity index (χ1) is 10.6. The fourth-order valence-corrected chi connectivity index (χ4v) is 3.27. The number of aromatic nitrogens is 2. The van der Waals surface area contributed by atoms with E-state index in [0.717, 1.165) is 22.4 Å². The summed E-state index contributed by atoms with van der Waals surface area (Å²) >= 11 is 1.44. The van der Waals surface area contributed by atoms with Crippen LogP contribution in [0.5, 0.6) is 5.75 Å². The Kier molecular flexibility index (Phi) is 4.24. The Morgan fingerprint density at radius 3 is 2.77 bits per heavy atom. The highest BCUT2D eigenvalue weighted by atomic mass is 32.1. The van der Waals surface area contributed by atoms with E-state index in [0.29, 0.717) is 13.2 Å². The summed E-state index contributed by atoms with van der Waals surface area (Å²) in [4.78, 5) is 16.5. The maximum atomic E-state index is 12.2. The fraction of sp³-hybridized carbons (Fsp3) is 0.294. The molecule has 3 rings (SSSR count). The highest BCUT2D eigenvalue weighted by molar-refractivity contribution is 7.17. The van der Waals surface area contributed by atoms with Gasteiger partial charge in [0.2, 0.25) is 0 Å². The first-order valence-electron chi connectivity index (χ1n) is 7.27. The lowest BCUT2D eigenvalue weighted by atomic mass is 10.1. The number of rotatable bonds is 5. The minimum Gasteiger partial charge on any atom is -0.494 e. The molecule has 0 unspecified atom stereocenters. The number of hydrogen-bond donors (Lipinski definition) is 0. The van der Waals surface area contributed by atoms with E-state index >= 15 is 0 Å². The third-order valence-electron chi connectivity index (χ3n) is 3.44. The average Bonchev–Trinajstić information content (AvgIpc) is 2.94. The van der Waals surface area contributed by atoms with Crippen molar-refractivity contribution < 1.29 is 4.74 Å². The van der Waals surface area contributed by atoms with Crippen LogP contribution in [0.15, 0.2) is 40.8 Å². The van der Waals surface area contributed by atoms with Crippen molar-refractivity contribution in [3.8, 4) is 5.75 Å². The van der Waals surface area contributed by atoms with Gasteiger partial charge in [-0.3, -0.25) is 9.36 Å². The van der Waals surface area contributed by atoms with Crippen LogP contribution in [0, 0.1) is 13.8 Å². The van der Waals surface area contributed by atoms with Gasteiger partial charge in [-0.25, -0.2) is 4.98 Å². The number of nitrogens with zero attached hydrogens (tertiary/aromatic N) is 2. The molecule has 0 aliphatic carbocycles. The van der Waals surface area contributed by atoms with Gasteiger partial charge in [0.05, 0.1) is 18.5 Å². The summed E-state index contributed by atoms with van der Waals surface area (Å²) in [6.45, 7) is 5.31. The van der Waals surface area contributed by atoms with Gasteiger partial charge in [-0.2, -0.15) is 0 Å². The van der Waals surface area contributed by atoms with Gasteiger partial charge in [0.25, 0.3) is 5.56 Å². The van der Waals surface area contributed by atoms with Crippen LogP contribution in [0.2, 0.25) is 0 Å². The monoisotopic (exact) mass is 314 g/mol. The predicted octanol–water partition coefficient (Wildman–Crippen LogP) is 3.54. The number of aryl methyl sites for hydroxylation is 3. The lowest BCUT2D eigenvalue weighted by Gasteiger charge is -2.09. The van der Waals surface area contributed by atoms with Crippen LogP contribution in [0.25, 0.3) is 10.2 Å². The van der Waals surface area contributed by atoms with Gasteiger partial charge >= 0.3 is 0 Å². The Hall–Kier alpha value is -2.14. The van der Waals surface area contributed by atoms with Crippen molar-refractivity contribution in [3.05, 3.63) is 57.5 Å². The van der Waals surface area contributed by atoms with Gasteiger partial charge in [0.15, 0.2) is 0 Å². The number of hydrogen-bond acceptors (Lipinski definition) is 4. The molecule has 0 saturated carbocycles. The molecule has 0 N–H and O–H groups in total. The Morgan fingerprint density at radius 2 is 2.00 bits per heavy atom. The predicted molar refractivity (Wildman–Crippen MR) is 89.9 cm³/mol. The van der Waals surface area contributed by atoms with Crippen molar-refractivity contribution in [1.29, 1.82) is 0 Å². The largest absolute Gasteiger partial charge is 0.494 e. The maximum absolute atomic E-state index is 12.2. The molecule has 0 aliphatic heterocycles. The average molecular weight is 314 g/mol. The van der Waals surface area contributed by atoms with Crippen molar-refractivity contribution in [2.45, 2.75) is 26.8 Å². The molecule has 0 saturated heterocycles. The molecule has 3 aromatic rings. The van der Waals surface area contributed by atoms with E-state index in [4.69, 9.17) is 4.74 Å². The molecule has 0 radical (unpaired) electrons. The molecule has 0 atom stereocenters. The molecule has 4 nitrogen and oxygen atoms in total. The third kappa shape index (κ3) is 3.20. The molecule has 0 amide bonds. The molecular formula is C17H18N2O2S. The summed E-state index contributed by atoms with van der Waals surface area (Å²) in [7, 11) is 0. The van der Waals surface area contributed by atoms with Gasteiger partial charge in [-0.15, -0.1) is 11.3 Å². The lowest BCUT2D eigenvalue weighted by molar-refractivity contribution is 0.300. The van der Waals surface area contributed by atoms with Crippen molar-refractivity contribution in [1.82, 2.24) is 9.55 Å². The molecule has 2 heterocycles. The third-order valence-corrected chi connectivity index (χ3v) is 4.33. The summed E-state index contributed by atoms with van der Waals surface area (Å²) in [5.41, 5.74) is 3.20. The number of ether oxygens (including phenoxy) is 1. The second kappa shape index (κ2) is 6.32. The van der Waals surface area contributed by atoms with E-state index < -0.39 is 0 Å². The van der Waals surface area contributed by atoms with E-state index in [-0.39, 0.29) is 5.56 Å². The molecule has 22 heavy (non-hydrogen) atoms. The zero-order valence-corrected chi connectivity index (χ0v) is 13.5. The van der Waals surface area contributed by atoms with Crippen LogP contribution in [-0.2, 0) is 6.54 Å². The van der Waals surface area contributed by atoms with Crippen LogP contribution >= 0.6 is 11.3 Å². The number of fused-ring (bicyclic) bond motifs is 1. The van der Waals surface area contributed by atoms with Gasteiger partial charge < -0.3 is 4.74 Å². The zero-order valence-electron chi connectivity index (χ0n) is 12.7. The highest BCUT2D eigenvalue weighted by Gasteiger charge is 2.05. The van der Waals surface area contributed by atoms with E-state index in [1.807, 2.05) is 23.6 Å². The van der Waals surface area contributed by atoms with E-state index in [1.165, 1.54) is 22.5 Å². The van der Waals surface area contributed by atoms with Gasteiger partial charge in [0, 0.05) is 6.54 Å². The first-order valence-corrected chi connectivity index (χ1v) is 8.15. The van der Waals surface area contributed by atoms with Gasteiger partial charge in [0.1, 0.15) is 10.4 Å². The Labute approximate surface area is 133 Å². The molecule has 0 bridgehead atoms. The minimum atomic E-state index is 0.0337. The zero-order chi connectivity index (χ0) is 15.5. The van der Waals surface area contributed by atoms with Gasteiger partial charge in [-0.05, 0) is 55.0 Å². The SMILES string of the molecule is Cc1cc(C)cc(OCCCn2cnc3ccsc3c2=O)c1. The Morgan fingerprint density at radius 1 is 1.23 bits per heavy atom. The lowest BCUT2D eigenvalue weighted by Crippen LogP contribution is -2.20. The van der Waals surface area contributed by atoms with Crippen molar-refractivity contribution in [2.75, 3.05) is 6.61 Å². The summed E-state index contributed by atoms with van der Waals surface area (Å²) in [6, 6.07) is 8.04.